The van der Waals surface area contributed by atoms with Crippen LogP contribution < -0.4 is 16.0 Å². The fourth-order valence-electron chi connectivity index (χ4n) is 2.14. The van der Waals surface area contributed by atoms with Crippen molar-refractivity contribution in [1.82, 2.24) is 10.6 Å². The van der Waals surface area contributed by atoms with Crippen LogP contribution in [0.2, 0.25) is 0 Å². The summed E-state index contributed by atoms with van der Waals surface area (Å²) in [6.07, 6.45) is 5.02. The van der Waals surface area contributed by atoms with Crippen LogP contribution in [0.25, 0.3) is 0 Å². The van der Waals surface area contributed by atoms with E-state index in [2.05, 4.69) is 27.9 Å². The van der Waals surface area contributed by atoms with Crippen molar-refractivity contribution >= 4 is 17.6 Å². The smallest absolute Gasteiger partial charge is 0.224 e. The lowest BCUT2D eigenvalue weighted by molar-refractivity contribution is -0.116. The number of hydrogen-bond donors (Lipinski definition) is 3. The monoisotopic (exact) mass is 318 g/mol. The molecule has 0 aliphatic rings. The number of carbonyl (C=O) groups excluding carboxylic acids is 1. The molecule has 5 nitrogen and oxygen atoms in total. The minimum Gasteiger partial charge on any atom is -0.356 e. The highest BCUT2D eigenvalue weighted by atomic mass is 16.1. The Morgan fingerprint density at radius 3 is 2.39 bits per heavy atom. The molecular formula is C18H30N4O. The predicted octanol–water partition coefficient (Wildman–Crippen LogP) is 3.28. The summed E-state index contributed by atoms with van der Waals surface area (Å²) >= 11 is 0. The van der Waals surface area contributed by atoms with Gasteiger partial charge in [-0.05, 0) is 30.5 Å². The summed E-state index contributed by atoms with van der Waals surface area (Å²) in [5.74, 6) is 0.886. The molecule has 0 unspecified atom stereocenters. The first-order valence-corrected chi connectivity index (χ1v) is 8.52. The van der Waals surface area contributed by atoms with Gasteiger partial charge in [0.2, 0.25) is 5.91 Å². The molecule has 1 amide bonds. The van der Waals surface area contributed by atoms with E-state index in [1.54, 1.807) is 7.05 Å². The van der Waals surface area contributed by atoms with Gasteiger partial charge in [-0.1, -0.05) is 38.8 Å². The molecule has 0 bridgehead atoms. The lowest BCUT2D eigenvalue weighted by atomic mass is 10.2. The molecule has 0 atom stereocenters. The zero-order chi connectivity index (χ0) is 16.9. The molecule has 0 fully saturated rings. The molecule has 1 rings (SSSR count). The van der Waals surface area contributed by atoms with Crippen LogP contribution in [0.5, 0.6) is 0 Å². The van der Waals surface area contributed by atoms with Crippen molar-refractivity contribution in [1.29, 1.82) is 0 Å². The first-order valence-electron chi connectivity index (χ1n) is 8.52. The number of amides is 1. The van der Waals surface area contributed by atoms with E-state index < -0.39 is 0 Å². The van der Waals surface area contributed by atoms with Crippen molar-refractivity contribution in [3.8, 4) is 0 Å². The van der Waals surface area contributed by atoms with Crippen LogP contribution in [0.15, 0.2) is 29.3 Å². The van der Waals surface area contributed by atoms with E-state index in [0.29, 0.717) is 13.0 Å². The van der Waals surface area contributed by atoms with Crippen LogP contribution in [0, 0.1) is 0 Å². The van der Waals surface area contributed by atoms with Crippen LogP contribution in [-0.4, -0.2) is 25.5 Å². The third-order valence-electron chi connectivity index (χ3n) is 3.47. The Morgan fingerprint density at radius 2 is 1.78 bits per heavy atom. The number of nitrogens with one attached hydrogen (secondary N) is 3. The van der Waals surface area contributed by atoms with Gasteiger partial charge in [-0.15, -0.1) is 0 Å². The summed E-state index contributed by atoms with van der Waals surface area (Å²) in [6.45, 7) is 5.84. The number of guanidine groups is 1. The lowest BCUT2D eigenvalue weighted by Crippen LogP contribution is -2.37. The van der Waals surface area contributed by atoms with Gasteiger partial charge < -0.3 is 16.0 Å². The molecule has 3 N–H and O–H groups in total. The van der Waals surface area contributed by atoms with Gasteiger partial charge in [-0.3, -0.25) is 9.79 Å². The molecule has 0 spiro atoms. The van der Waals surface area contributed by atoms with Gasteiger partial charge in [0.15, 0.2) is 5.96 Å². The summed E-state index contributed by atoms with van der Waals surface area (Å²) in [6, 6.07) is 7.89. The largest absolute Gasteiger partial charge is 0.356 e. The summed E-state index contributed by atoms with van der Waals surface area (Å²) in [7, 11) is 1.78. The summed E-state index contributed by atoms with van der Waals surface area (Å²) in [5, 5.41) is 9.49. The Labute approximate surface area is 140 Å². The third-order valence-corrected chi connectivity index (χ3v) is 3.47. The molecule has 5 heteroatoms. The van der Waals surface area contributed by atoms with E-state index in [1.165, 1.54) is 12.8 Å². The van der Waals surface area contributed by atoms with Gasteiger partial charge in [0.05, 0.1) is 0 Å². The van der Waals surface area contributed by atoms with Crippen molar-refractivity contribution in [3.63, 3.8) is 0 Å². The van der Waals surface area contributed by atoms with Crippen molar-refractivity contribution in [3.05, 3.63) is 29.8 Å². The number of nitrogens with zero attached hydrogens (tertiary/aromatic N) is 1. The highest BCUT2D eigenvalue weighted by Crippen LogP contribution is 2.10. The number of aliphatic imine (C=N–C) groups is 1. The van der Waals surface area contributed by atoms with Crippen LogP contribution in [0.3, 0.4) is 0 Å². The summed E-state index contributed by atoms with van der Waals surface area (Å²) in [5.41, 5.74) is 1.99. The van der Waals surface area contributed by atoms with Crippen molar-refractivity contribution in [2.45, 2.75) is 52.5 Å². The van der Waals surface area contributed by atoms with Crippen molar-refractivity contribution in [2.24, 2.45) is 4.99 Å². The van der Waals surface area contributed by atoms with Crippen LogP contribution >= 0.6 is 0 Å². The molecule has 1 aromatic carbocycles. The SMILES string of the molecule is CCCCCNC(=NC)NCc1ccc(NC(=O)CCC)cc1. The maximum absolute atomic E-state index is 11.6. The molecule has 0 aliphatic carbocycles. The van der Waals surface area contributed by atoms with E-state index in [1.807, 2.05) is 31.2 Å². The number of anilines is 1. The molecule has 128 valence electrons. The second kappa shape index (κ2) is 11.5. The fourth-order valence-corrected chi connectivity index (χ4v) is 2.14. The summed E-state index contributed by atoms with van der Waals surface area (Å²) < 4.78 is 0. The van der Waals surface area contributed by atoms with Crippen LogP contribution in [0.4, 0.5) is 5.69 Å². The van der Waals surface area contributed by atoms with Gasteiger partial charge in [0.25, 0.3) is 0 Å². The standard InChI is InChI=1S/C18H30N4O/c1-4-6-7-13-20-18(19-3)21-14-15-9-11-16(12-10-15)22-17(23)8-5-2/h9-12H,4-8,13-14H2,1-3H3,(H,22,23)(H2,19,20,21). The predicted molar refractivity (Wildman–Crippen MR) is 97.7 cm³/mol. The molecule has 0 aliphatic heterocycles. The van der Waals surface area contributed by atoms with Crippen LogP contribution in [-0.2, 0) is 11.3 Å². The first kappa shape index (κ1) is 19.0. The van der Waals surface area contributed by atoms with Crippen LogP contribution in [0.1, 0.15) is 51.5 Å². The highest BCUT2D eigenvalue weighted by molar-refractivity contribution is 5.90. The number of carbonyl (C=O) groups is 1. The van der Waals surface area contributed by atoms with Gasteiger partial charge >= 0.3 is 0 Å². The van der Waals surface area contributed by atoms with E-state index >= 15 is 0 Å². The maximum Gasteiger partial charge on any atom is 0.224 e. The molecule has 0 heterocycles. The first-order chi connectivity index (χ1) is 11.2. The summed E-state index contributed by atoms with van der Waals surface area (Å²) in [4.78, 5) is 15.8. The fraction of sp³-hybridized carbons (Fsp3) is 0.556. The zero-order valence-corrected chi connectivity index (χ0v) is 14.6. The average molecular weight is 318 g/mol. The second-order valence-corrected chi connectivity index (χ2v) is 5.55. The molecular weight excluding hydrogens is 288 g/mol. The second-order valence-electron chi connectivity index (χ2n) is 5.55. The zero-order valence-electron chi connectivity index (χ0n) is 14.6. The quantitative estimate of drug-likeness (QED) is 0.372. The van der Waals surface area contributed by atoms with Crippen molar-refractivity contribution in [2.75, 3.05) is 18.9 Å². The van der Waals surface area contributed by atoms with Gasteiger partial charge in [0, 0.05) is 32.2 Å². The minimum absolute atomic E-state index is 0.0649. The number of hydrogen-bond acceptors (Lipinski definition) is 2. The molecule has 0 radical (unpaired) electrons. The molecule has 1 aromatic rings. The van der Waals surface area contributed by atoms with E-state index in [-0.39, 0.29) is 5.91 Å². The number of rotatable bonds is 9. The Bertz CT molecular complexity index is 482. The number of benzene rings is 1. The van der Waals surface area contributed by atoms with Gasteiger partial charge in [-0.25, -0.2) is 0 Å². The van der Waals surface area contributed by atoms with Gasteiger partial charge in [-0.2, -0.15) is 0 Å². The van der Waals surface area contributed by atoms with E-state index in [4.69, 9.17) is 0 Å². The topological polar surface area (TPSA) is 65.5 Å². The molecule has 0 aromatic heterocycles. The van der Waals surface area contributed by atoms with Crippen molar-refractivity contribution < 1.29 is 4.79 Å². The van der Waals surface area contributed by atoms with E-state index in [9.17, 15) is 4.79 Å². The maximum atomic E-state index is 11.6. The Balaban J connectivity index is 2.37. The third kappa shape index (κ3) is 8.24. The normalized spacial score (nSPS) is 11.2. The lowest BCUT2D eigenvalue weighted by Gasteiger charge is -2.12. The Morgan fingerprint density at radius 1 is 1.04 bits per heavy atom. The number of unbranched alkanes of at least 4 members (excludes halogenated alkanes) is 2. The minimum atomic E-state index is 0.0649. The van der Waals surface area contributed by atoms with E-state index in [0.717, 1.165) is 36.6 Å². The Kier molecular flexibility index (Phi) is 9.52. The average Bonchev–Trinajstić information content (AvgIpc) is 2.56. The molecule has 0 saturated heterocycles. The Hall–Kier alpha value is -2.04. The van der Waals surface area contributed by atoms with Gasteiger partial charge in [0.1, 0.15) is 0 Å². The molecule has 23 heavy (non-hydrogen) atoms. The highest BCUT2D eigenvalue weighted by Gasteiger charge is 2.01. The molecule has 0 saturated carbocycles.